The molecule has 2 fully saturated rings. The van der Waals surface area contributed by atoms with Crippen LogP contribution in [0.4, 0.5) is 0 Å². The van der Waals surface area contributed by atoms with E-state index in [2.05, 4.69) is 29.2 Å². The molecule has 0 radical (unpaired) electrons. The Bertz CT molecular complexity index is 1140. The number of nitrogens with two attached hydrogens (primary N) is 1. The van der Waals surface area contributed by atoms with Gasteiger partial charge in [-0.2, -0.15) is 0 Å². The number of furan rings is 1. The van der Waals surface area contributed by atoms with E-state index in [0.717, 1.165) is 17.1 Å². The van der Waals surface area contributed by atoms with Gasteiger partial charge in [-0.1, -0.05) is 56.4 Å². The average Bonchev–Trinajstić information content (AvgIpc) is 3.55. The Morgan fingerprint density at radius 1 is 0.944 bits per heavy atom. The quantitative estimate of drug-likeness (QED) is 0.457. The first-order chi connectivity index (χ1) is 17.7. The summed E-state index contributed by atoms with van der Waals surface area (Å²) in [5.74, 6) is 2.75. The topological polar surface area (TPSA) is 77.9 Å². The minimum atomic E-state index is -0.348. The molecule has 192 valence electrons. The molecular weight excluding hydrogens is 452 g/mol. The Balaban J connectivity index is 0.000000174. The number of hydrogen-bond acceptors (Lipinski definition) is 5. The molecule has 2 N–H and O–H groups in total. The first-order valence-electron chi connectivity index (χ1n) is 13.5. The van der Waals surface area contributed by atoms with E-state index in [0.29, 0.717) is 17.4 Å². The van der Waals surface area contributed by atoms with Gasteiger partial charge in [0.1, 0.15) is 5.58 Å². The van der Waals surface area contributed by atoms with Gasteiger partial charge in [-0.15, -0.1) is 0 Å². The molecule has 2 aliphatic heterocycles. The van der Waals surface area contributed by atoms with E-state index in [1.165, 1.54) is 82.0 Å². The zero-order valence-corrected chi connectivity index (χ0v) is 21.1. The van der Waals surface area contributed by atoms with Gasteiger partial charge in [-0.25, -0.2) is 0 Å². The number of rotatable bonds is 6. The van der Waals surface area contributed by atoms with Gasteiger partial charge in [0.25, 0.3) is 0 Å². The number of piperidine rings is 1. The lowest BCUT2D eigenvalue weighted by Crippen LogP contribution is -2.34. The molecular formula is C30H38N2O4. The van der Waals surface area contributed by atoms with Gasteiger partial charge >= 0.3 is 0 Å². The number of para-hydroxylation sites is 1. The summed E-state index contributed by atoms with van der Waals surface area (Å²) < 4.78 is 16.0. The molecule has 1 aromatic heterocycles. The van der Waals surface area contributed by atoms with E-state index in [4.69, 9.17) is 19.6 Å². The maximum absolute atomic E-state index is 10.6. The van der Waals surface area contributed by atoms with Crippen molar-refractivity contribution in [3.8, 4) is 11.5 Å². The van der Waals surface area contributed by atoms with Crippen LogP contribution in [0.2, 0.25) is 0 Å². The number of amides is 1. The van der Waals surface area contributed by atoms with E-state index in [1.807, 2.05) is 6.26 Å². The first kappa shape index (κ1) is 24.7. The number of hydrogen-bond donors (Lipinski definition) is 1. The molecule has 6 nitrogen and oxygen atoms in total. The van der Waals surface area contributed by atoms with Crippen LogP contribution in [0.5, 0.6) is 11.5 Å². The van der Waals surface area contributed by atoms with Gasteiger partial charge in [-0.3, -0.25) is 4.79 Å². The van der Waals surface area contributed by atoms with Crippen LogP contribution in [0.3, 0.4) is 0 Å². The monoisotopic (exact) mass is 490 g/mol. The van der Waals surface area contributed by atoms with Crippen LogP contribution in [0.1, 0.15) is 68.4 Å². The molecule has 0 atom stereocenters. The third-order valence-corrected chi connectivity index (χ3v) is 7.93. The normalized spacial score (nSPS) is 18.7. The van der Waals surface area contributed by atoms with Crippen LogP contribution >= 0.6 is 0 Å². The molecule has 0 spiro atoms. The fraction of sp³-hybridized carbons (Fsp3) is 0.500. The molecule has 1 amide bonds. The van der Waals surface area contributed by atoms with Crippen molar-refractivity contribution >= 4 is 16.9 Å². The second-order valence-electron chi connectivity index (χ2n) is 10.4. The molecule has 36 heavy (non-hydrogen) atoms. The van der Waals surface area contributed by atoms with E-state index < -0.39 is 0 Å². The second kappa shape index (κ2) is 11.8. The molecule has 0 unspecified atom stereocenters. The minimum Gasteiger partial charge on any atom is -0.464 e. The summed E-state index contributed by atoms with van der Waals surface area (Å²) in [6, 6.07) is 13.8. The van der Waals surface area contributed by atoms with Gasteiger partial charge in [0.2, 0.25) is 12.7 Å². The van der Waals surface area contributed by atoms with Crippen molar-refractivity contribution in [2.45, 2.75) is 63.7 Å². The molecule has 0 bridgehead atoms. The van der Waals surface area contributed by atoms with Crippen molar-refractivity contribution in [1.82, 2.24) is 4.90 Å². The summed E-state index contributed by atoms with van der Waals surface area (Å²) in [5.41, 5.74) is 8.38. The Morgan fingerprint density at radius 2 is 1.72 bits per heavy atom. The van der Waals surface area contributed by atoms with E-state index in [-0.39, 0.29) is 19.1 Å². The summed E-state index contributed by atoms with van der Waals surface area (Å²) in [4.78, 5) is 13.3. The second-order valence-corrected chi connectivity index (χ2v) is 10.4. The summed E-state index contributed by atoms with van der Waals surface area (Å²) >= 11 is 0. The standard InChI is InChI=1S/C21H29NO.C9H9NO3/c1-2-6-17(7-3-1)10-13-22-14-11-18(12-15-22)20-16-23-21-9-5-4-8-19(20)21;10-9(11)4-6-1-2-7-8(3-6)13-5-12-7/h4-5,8-9,16-18H,1-3,6-7,10-15H2;1-3H,4-5H2,(H2,10,11). The largest absolute Gasteiger partial charge is 0.464 e. The number of nitrogens with zero attached hydrogens (tertiary/aromatic N) is 1. The fourth-order valence-corrected chi connectivity index (χ4v) is 5.88. The molecule has 1 aliphatic carbocycles. The highest BCUT2D eigenvalue weighted by Gasteiger charge is 2.24. The predicted octanol–water partition coefficient (Wildman–Crippen LogP) is 6.03. The molecule has 6 heteroatoms. The lowest BCUT2D eigenvalue weighted by atomic mass is 9.86. The van der Waals surface area contributed by atoms with Crippen LogP contribution in [0.15, 0.2) is 53.1 Å². The Morgan fingerprint density at radius 3 is 2.53 bits per heavy atom. The molecule has 3 aromatic rings. The van der Waals surface area contributed by atoms with Crippen LogP contribution in [0, 0.1) is 5.92 Å². The summed E-state index contributed by atoms with van der Waals surface area (Å²) in [6.07, 6.45) is 13.6. The molecule has 2 aromatic carbocycles. The van der Waals surface area contributed by atoms with Crippen LogP contribution in [-0.2, 0) is 11.2 Å². The van der Waals surface area contributed by atoms with Crippen LogP contribution in [-0.4, -0.2) is 37.2 Å². The van der Waals surface area contributed by atoms with E-state index in [1.54, 1.807) is 18.2 Å². The van der Waals surface area contributed by atoms with Crippen molar-refractivity contribution in [1.29, 1.82) is 0 Å². The zero-order valence-electron chi connectivity index (χ0n) is 21.1. The fourth-order valence-electron chi connectivity index (χ4n) is 5.88. The van der Waals surface area contributed by atoms with E-state index >= 15 is 0 Å². The van der Waals surface area contributed by atoms with Crippen LogP contribution in [0.25, 0.3) is 11.0 Å². The average molecular weight is 491 g/mol. The number of fused-ring (bicyclic) bond motifs is 2. The van der Waals surface area contributed by atoms with Crippen molar-refractivity contribution < 1.29 is 18.7 Å². The third-order valence-electron chi connectivity index (χ3n) is 7.93. The summed E-state index contributed by atoms with van der Waals surface area (Å²) in [7, 11) is 0. The Labute approximate surface area is 213 Å². The van der Waals surface area contributed by atoms with Crippen LogP contribution < -0.4 is 15.2 Å². The molecule has 1 saturated carbocycles. The maximum atomic E-state index is 10.6. The Kier molecular flexibility index (Phi) is 8.11. The molecule has 3 aliphatic rings. The summed E-state index contributed by atoms with van der Waals surface area (Å²) in [6.45, 7) is 4.09. The number of likely N-dealkylation sites (tertiary alicyclic amines) is 1. The predicted molar refractivity (Wildman–Crippen MR) is 141 cm³/mol. The van der Waals surface area contributed by atoms with Crippen molar-refractivity contribution in [2.24, 2.45) is 11.7 Å². The SMILES string of the molecule is NC(=O)Cc1ccc2c(c1)OCO2.c1ccc2c(C3CCN(CCC4CCCCC4)CC3)coc2c1. The maximum Gasteiger partial charge on any atom is 0.231 e. The number of ether oxygens (including phenoxy) is 2. The van der Waals surface area contributed by atoms with Gasteiger partial charge < -0.3 is 24.5 Å². The van der Waals surface area contributed by atoms with Gasteiger partial charge in [0.15, 0.2) is 11.5 Å². The number of benzene rings is 2. The number of primary amides is 1. The number of carbonyl (C=O) groups excluding carboxylic acids is 1. The smallest absolute Gasteiger partial charge is 0.231 e. The van der Waals surface area contributed by atoms with Gasteiger partial charge in [-0.05, 0) is 74.5 Å². The van der Waals surface area contributed by atoms with Gasteiger partial charge in [0.05, 0.1) is 12.7 Å². The first-order valence-corrected chi connectivity index (χ1v) is 13.5. The molecule has 6 rings (SSSR count). The molecule has 1 saturated heterocycles. The lowest BCUT2D eigenvalue weighted by molar-refractivity contribution is -0.117. The Hall–Kier alpha value is -2.99. The summed E-state index contributed by atoms with van der Waals surface area (Å²) in [5, 5.41) is 1.33. The molecule has 3 heterocycles. The highest BCUT2D eigenvalue weighted by Crippen LogP contribution is 2.35. The van der Waals surface area contributed by atoms with Crippen molar-refractivity contribution in [3.63, 3.8) is 0 Å². The van der Waals surface area contributed by atoms with Gasteiger partial charge in [0, 0.05) is 10.9 Å². The number of carbonyl (C=O) groups is 1. The highest BCUT2D eigenvalue weighted by molar-refractivity contribution is 5.81. The highest BCUT2D eigenvalue weighted by atomic mass is 16.7. The zero-order chi connectivity index (χ0) is 24.7. The van der Waals surface area contributed by atoms with Crippen molar-refractivity contribution in [2.75, 3.05) is 26.4 Å². The van der Waals surface area contributed by atoms with Crippen molar-refractivity contribution in [3.05, 3.63) is 59.9 Å². The van der Waals surface area contributed by atoms with E-state index in [9.17, 15) is 4.79 Å². The minimum absolute atomic E-state index is 0.233. The lowest BCUT2D eigenvalue weighted by Gasteiger charge is -2.33. The third kappa shape index (κ3) is 6.22.